The Bertz CT molecular complexity index is 714. The van der Waals surface area contributed by atoms with Gasteiger partial charge in [-0.05, 0) is 62.6 Å². The van der Waals surface area contributed by atoms with Crippen molar-refractivity contribution < 1.29 is 14.3 Å². The Morgan fingerprint density at radius 1 is 1.12 bits per heavy atom. The van der Waals surface area contributed by atoms with Crippen molar-refractivity contribution in [3.8, 4) is 11.5 Å². The topological polar surface area (TPSA) is 38.8 Å². The summed E-state index contributed by atoms with van der Waals surface area (Å²) < 4.78 is 11.0. The van der Waals surface area contributed by atoms with Gasteiger partial charge in [-0.15, -0.1) is 0 Å². The number of hydrogen-bond donors (Lipinski definition) is 0. The highest BCUT2D eigenvalue weighted by Crippen LogP contribution is 2.24. The van der Waals surface area contributed by atoms with E-state index < -0.39 is 0 Å². The third-order valence-electron chi connectivity index (χ3n) is 4.50. The molecule has 2 rings (SSSR count). The molecule has 0 aromatic heterocycles. The number of ether oxygens (including phenoxy) is 2. The molecule has 0 N–H and O–H groups in total. The molecule has 0 bridgehead atoms. The zero-order chi connectivity index (χ0) is 18.9. The van der Waals surface area contributed by atoms with Gasteiger partial charge in [0.1, 0.15) is 11.5 Å². The van der Waals surface area contributed by atoms with Crippen molar-refractivity contribution in [1.82, 2.24) is 4.90 Å². The van der Waals surface area contributed by atoms with Gasteiger partial charge < -0.3 is 14.4 Å². The van der Waals surface area contributed by atoms with Gasteiger partial charge in [0.25, 0.3) is 0 Å². The van der Waals surface area contributed by atoms with Crippen molar-refractivity contribution in [2.45, 2.75) is 39.7 Å². The third-order valence-corrected chi connectivity index (χ3v) is 4.50. The lowest BCUT2D eigenvalue weighted by atomic mass is 10.1. The summed E-state index contributed by atoms with van der Waals surface area (Å²) in [4.78, 5) is 14.6. The number of rotatable bonds is 9. The molecule has 1 amide bonds. The molecular weight excluding hydrogens is 326 g/mol. The number of aryl methyl sites for hydroxylation is 1. The molecule has 0 aliphatic heterocycles. The van der Waals surface area contributed by atoms with Crippen molar-refractivity contribution in [3.05, 3.63) is 59.7 Å². The van der Waals surface area contributed by atoms with E-state index in [0.29, 0.717) is 26.0 Å². The normalized spacial score (nSPS) is 11.7. The van der Waals surface area contributed by atoms with Crippen molar-refractivity contribution in [2.75, 3.05) is 20.3 Å². The van der Waals surface area contributed by atoms with Crippen LogP contribution in [0.4, 0.5) is 0 Å². The van der Waals surface area contributed by atoms with Gasteiger partial charge in [-0.25, -0.2) is 0 Å². The molecule has 2 aromatic rings. The largest absolute Gasteiger partial charge is 0.497 e. The smallest absolute Gasteiger partial charge is 0.223 e. The molecule has 4 heteroatoms. The second-order valence-electron chi connectivity index (χ2n) is 6.40. The highest BCUT2D eigenvalue weighted by molar-refractivity contribution is 5.76. The van der Waals surface area contributed by atoms with Crippen LogP contribution in [0.3, 0.4) is 0 Å². The average Bonchev–Trinajstić information content (AvgIpc) is 2.66. The molecule has 4 nitrogen and oxygen atoms in total. The minimum atomic E-state index is 0.0142. The monoisotopic (exact) mass is 355 g/mol. The van der Waals surface area contributed by atoms with E-state index in [1.54, 1.807) is 7.11 Å². The first-order valence-electron chi connectivity index (χ1n) is 9.18. The van der Waals surface area contributed by atoms with Gasteiger partial charge in [0.15, 0.2) is 0 Å². The molecule has 0 aliphatic carbocycles. The van der Waals surface area contributed by atoms with E-state index in [4.69, 9.17) is 9.47 Å². The number of amides is 1. The quantitative estimate of drug-likeness (QED) is 0.608. The van der Waals surface area contributed by atoms with Crippen LogP contribution in [0, 0.1) is 6.92 Å². The first-order chi connectivity index (χ1) is 12.5. The molecule has 26 heavy (non-hydrogen) atoms. The first kappa shape index (κ1) is 19.8. The molecule has 0 saturated heterocycles. The molecule has 0 aliphatic rings. The maximum absolute atomic E-state index is 12.6. The Labute approximate surface area is 156 Å². The Hall–Kier alpha value is -2.49. The van der Waals surface area contributed by atoms with Gasteiger partial charge in [-0.3, -0.25) is 4.79 Å². The van der Waals surface area contributed by atoms with E-state index in [-0.39, 0.29) is 11.9 Å². The third kappa shape index (κ3) is 5.51. The van der Waals surface area contributed by atoms with Crippen LogP contribution >= 0.6 is 0 Å². The summed E-state index contributed by atoms with van der Waals surface area (Å²) in [6.07, 6.45) is 1.18. The van der Waals surface area contributed by atoms with Crippen molar-refractivity contribution >= 4 is 5.91 Å². The fourth-order valence-corrected chi connectivity index (χ4v) is 3.01. The molecule has 0 radical (unpaired) electrons. The van der Waals surface area contributed by atoms with Crippen LogP contribution in [0.5, 0.6) is 11.5 Å². The molecular formula is C22H29NO3. The summed E-state index contributed by atoms with van der Waals surface area (Å²) in [6.45, 7) is 7.32. The number of methoxy groups -OCH3 is 1. The van der Waals surface area contributed by atoms with Crippen molar-refractivity contribution in [2.24, 2.45) is 0 Å². The second kappa shape index (κ2) is 9.85. The molecule has 0 saturated carbocycles. The predicted molar refractivity (Wildman–Crippen MR) is 105 cm³/mol. The maximum atomic E-state index is 12.6. The lowest BCUT2D eigenvalue weighted by Gasteiger charge is -2.28. The van der Waals surface area contributed by atoms with Crippen LogP contribution in [0.25, 0.3) is 0 Å². The molecule has 1 atom stereocenters. The summed E-state index contributed by atoms with van der Waals surface area (Å²) >= 11 is 0. The Morgan fingerprint density at radius 3 is 2.54 bits per heavy atom. The minimum Gasteiger partial charge on any atom is -0.497 e. The Balaban J connectivity index is 1.87. The Kier molecular flexibility index (Phi) is 7.52. The molecule has 0 heterocycles. The van der Waals surface area contributed by atoms with Gasteiger partial charge in [-0.1, -0.05) is 24.3 Å². The fourth-order valence-electron chi connectivity index (χ4n) is 3.01. The van der Waals surface area contributed by atoms with Crippen LogP contribution in [-0.4, -0.2) is 31.1 Å². The lowest BCUT2D eigenvalue weighted by molar-refractivity contribution is -0.133. The number of benzene rings is 2. The SMILES string of the molecule is CCN(C(=O)CCCOc1cccc(C)c1)C(C)c1cccc(OC)c1. The van der Waals surface area contributed by atoms with Gasteiger partial charge in [0, 0.05) is 13.0 Å². The summed E-state index contributed by atoms with van der Waals surface area (Å²) in [5.41, 5.74) is 2.25. The van der Waals surface area contributed by atoms with Crippen molar-refractivity contribution in [3.63, 3.8) is 0 Å². The second-order valence-corrected chi connectivity index (χ2v) is 6.40. The lowest BCUT2D eigenvalue weighted by Crippen LogP contribution is -2.33. The fraction of sp³-hybridized carbons (Fsp3) is 0.409. The van der Waals surface area contributed by atoms with Crippen LogP contribution in [0.15, 0.2) is 48.5 Å². The molecule has 0 fully saturated rings. The average molecular weight is 355 g/mol. The molecule has 140 valence electrons. The summed E-state index contributed by atoms with van der Waals surface area (Å²) in [5, 5.41) is 0. The van der Waals surface area contributed by atoms with Gasteiger partial charge in [-0.2, -0.15) is 0 Å². The highest BCUT2D eigenvalue weighted by Gasteiger charge is 2.19. The Morgan fingerprint density at radius 2 is 1.85 bits per heavy atom. The zero-order valence-corrected chi connectivity index (χ0v) is 16.2. The van der Waals surface area contributed by atoms with Gasteiger partial charge in [0.2, 0.25) is 5.91 Å². The predicted octanol–water partition coefficient (Wildman–Crippen LogP) is 4.77. The van der Waals surface area contributed by atoms with Crippen LogP contribution in [-0.2, 0) is 4.79 Å². The standard InChI is InChI=1S/C22H29NO3/c1-5-23(18(3)19-10-7-11-20(16-19)25-4)22(24)13-8-14-26-21-12-6-9-17(2)15-21/h6-7,9-12,15-16,18H,5,8,13-14H2,1-4H3. The van der Waals surface area contributed by atoms with Gasteiger partial charge >= 0.3 is 0 Å². The first-order valence-corrected chi connectivity index (χ1v) is 9.18. The van der Waals surface area contributed by atoms with Crippen LogP contribution in [0.2, 0.25) is 0 Å². The van der Waals surface area contributed by atoms with E-state index in [1.165, 1.54) is 5.56 Å². The van der Waals surface area contributed by atoms with Gasteiger partial charge in [0.05, 0.1) is 19.8 Å². The summed E-state index contributed by atoms with van der Waals surface area (Å²) in [5.74, 6) is 1.81. The van der Waals surface area contributed by atoms with E-state index in [9.17, 15) is 4.79 Å². The van der Waals surface area contributed by atoms with Crippen LogP contribution in [0.1, 0.15) is 43.9 Å². The van der Waals surface area contributed by atoms with Crippen molar-refractivity contribution in [1.29, 1.82) is 0 Å². The molecule has 2 aromatic carbocycles. The number of carbonyl (C=O) groups is 1. The number of nitrogens with zero attached hydrogens (tertiary/aromatic N) is 1. The summed E-state index contributed by atoms with van der Waals surface area (Å²) in [7, 11) is 1.65. The van der Waals surface area contributed by atoms with E-state index >= 15 is 0 Å². The summed E-state index contributed by atoms with van der Waals surface area (Å²) in [6, 6.07) is 15.9. The minimum absolute atomic E-state index is 0.0142. The van der Waals surface area contributed by atoms with E-state index in [2.05, 4.69) is 6.92 Å². The zero-order valence-electron chi connectivity index (χ0n) is 16.2. The highest BCUT2D eigenvalue weighted by atomic mass is 16.5. The van der Waals surface area contributed by atoms with E-state index in [0.717, 1.165) is 17.1 Å². The number of carbonyl (C=O) groups excluding carboxylic acids is 1. The molecule has 1 unspecified atom stereocenters. The maximum Gasteiger partial charge on any atom is 0.223 e. The van der Waals surface area contributed by atoms with E-state index in [1.807, 2.05) is 67.3 Å². The number of hydrogen-bond acceptors (Lipinski definition) is 3. The molecule has 0 spiro atoms. The van der Waals surface area contributed by atoms with Crippen LogP contribution < -0.4 is 9.47 Å².